The molecule has 7 heteroatoms. The molecule has 2 aromatic heterocycles. The lowest BCUT2D eigenvalue weighted by atomic mass is 10.4. The second-order valence-corrected chi connectivity index (χ2v) is 5.19. The van der Waals surface area contributed by atoms with Gasteiger partial charge in [0.15, 0.2) is 0 Å². The number of carbonyl (C=O) groups excluding carboxylic acids is 1. The number of thioether (sulfide) groups is 1. The van der Waals surface area contributed by atoms with Gasteiger partial charge in [0.2, 0.25) is 0 Å². The lowest BCUT2D eigenvalue weighted by molar-refractivity contribution is -0.141. The fourth-order valence-corrected chi connectivity index (χ4v) is 2.55. The third-order valence-electron chi connectivity index (χ3n) is 2.68. The molecule has 0 saturated heterocycles. The molecule has 1 atom stereocenters. The van der Waals surface area contributed by atoms with E-state index in [1.807, 2.05) is 6.07 Å². The predicted octanol–water partition coefficient (Wildman–Crippen LogP) is 0.428. The maximum Gasteiger partial charge on any atom is 0.323 e. The Labute approximate surface area is 120 Å². The van der Waals surface area contributed by atoms with Crippen LogP contribution >= 0.6 is 11.8 Å². The van der Waals surface area contributed by atoms with Crippen molar-refractivity contribution in [1.29, 1.82) is 0 Å². The van der Waals surface area contributed by atoms with Crippen LogP contribution in [0.15, 0.2) is 35.3 Å². The van der Waals surface area contributed by atoms with Gasteiger partial charge in [0.25, 0.3) is 5.56 Å². The van der Waals surface area contributed by atoms with Gasteiger partial charge in [-0.1, -0.05) is 6.07 Å². The maximum atomic E-state index is 11.9. The first-order valence-electron chi connectivity index (χ1n) is 6.00. The fourth-order valence-electron chi connectivity index (χ4n) is 1.69. The van der Waals surface area contributed by atoms with E-state index in [1.54, 1.807) is 18.3 Å². The van der Waals surface area contributed by atoms with Gasteiger partial charge >= 0.3 is 5.97 Å². The number of pyridine rings is 1. The average Bonchev–Trinajstić information content (AvgIpc) is 2.46. The van der Waals surface area contributed by atoms with Crippen molar-refractivity contribution in [2.45, 2.75) is 11.8 Å². The topological polar surface area (TPSA) is 86.7 Å². The Balaban J connectivity index is 2.04. The molecule has 0 aromatic carbocycles. The van der Waals surface area contributed by atoms with Gasteiger partial charge in [-0.2, -0.15) is 11.8 Å². The minimum absolute atomic E-state index is 0.122. The van der Waals surface area contributed by atoms with Gasteiger partial charge in [-0.15, -0.1) is 0 Å². The first-order chi connectivity index (χ1) is 9.61. The van der Waals surface area contributed by atoms with Crippen LogP contribution in [0.25, 0.3) is 5.65 Å². The summed E-state index contributed by atoms with van der Waals surface area (Å²) in [5.41, 5.74) is 6.78. The summed E-state index contributed by atoms with van der Waals surface area (Å²) in [6, 6.07) is 6.21. The number of hydrogen-bond donors (Lipinski definition) is 1. The zero-order valence-corrected chi connectivity index (χ0v) is 11.8. The van der Waals surface area contributed by atoms with Crippen LogP contribution in [0.1, 0.15) is 5.69 Å². The van der Waals surface area contributed by atoms with Crippen molar-refractivity contribution in [1.82, 2.24) is 9.38 Å². The van der Waals surface area contributed by atoms with Gasteiger partial charge in [0.1, 0.15) is 11.7 Å². The molecule has 0 radical (unpaired) electrons. The van der Waals surface area contributed by atoms with E-state index in [0.717, 1.165) is 0 Å². The average molecular weight is 293 g/mol. The Hall–Kier alpha value is -1.86. The number of nitrogens with two attached hydrogens (primary N) is 1. The Bertz CT molecular complexity index is 671. The van der Waals surface area contributed by atoms with Crippen molar-refractivity contribution >= 4 is 23.4 Å². The van der Waals surface area contributed by atoms with Gasteiger partial charge in [-0.05, 0) is 12.1 Å². The molecule has 0 amide bonds. The monoisotopic (exact) mass is 293 g/mol. The lowest BCUT2D eigenvalue weighted by Gasteiger charge is -2.08. The van der Waals surface area contributed by atoms with Gasteiger partial charge < -0.3 is 10.5 Å². The molecular formula is C13H15N3O3S. The Morgan fingerprint density at radius 3 is 3.10 bits per heavy atom. The number of nitrogens with zero attached hydrogens (tertiary/aromatic N) is 2. The van der Waals surface area contributed by atoms with Gasteiger partial charge in [0, 0.05) is 23.8 Å². The second-order valence-electron chi connectivity index (χ2n) is 4.16. The molecule has 106 valence electrons. The van der Waals surface area contributed by atoms with Gasteiger partial charge in [-0.25, -0.2) is 4.98 Å². The van der Waals surface area contributed by atoms with Crippen molar-refractivity contribution < 1.29 is 9.53 Å². The minimum Gasteiger partial charge on any atom is -0.468 e. The van der Waals surface area contributed by atoms with E-state index in [0.29, 0.717) is 22.8 Å². The molecule has 6 nitrogen and oxygen atoms in total. The van der Waals surface area contributed by atoms with Crippen molar-refractivity contribution in [2.24, 2.45) is 5.73 Å². The molecule has 1 unspecified atom stereocenters. The number of ether oxygens (including phenoxy) is 1. The van der Waals surface area contributed by atoms with E-state index in [4.69, 9.17) is 5.73 Å². The molecule has 0 fully saturated rings. The summed E-state index contributed by atoms with van der Waals surface area (Å²) in [5.74, 6) is 0.498. The summed E-state index contributed by atoms with van der Waals surface area (Å²) >= 11 is 1.44. The summed E-state index contributed by atoms with van der Waals surface area (Å²) < 4.78 is 6.03. The minimum atomic E-state index is -0.661. The highest BCUT2D eigenvalue weighted by Crippen LogP contribution is 2.11. The molecule has 0 aliphatic carbocycles. The molecule has 0 saturated carbocycles. The highest BCUT2D eigenvalue weighted by Gasteiger charge is 2.13. The van der Waals surface area contributed by atoms with Crippen LogP contribution in [0.3, 0.4) is 0 Å². The van der Waals surface area contributed by atoms with Crippen LogP contribution in [0.2, 0.25) is 0 Å². The molecule has 0 aliphatic heterocycles. The van der Waals surface area contributed by atoms with Crippen LogP contribution in [0.5, 0.6) is 0 Å². The fraction of sp³-hybridized carbons (Fsp3) is 0.308. The van der Waals surface area contributed by atoms with Crippen molar-refractivity contribution in [3.8, 4) is 0 Å². The number of methoxy groups -OCH3 is 1. The van der Waals surface area contributed by atoms with Gasteiger partial charge in [0.05, 0.1) is 12.8 Å². The molecule has 0 spiro atoms. The molecular weight excluding hydrogens is 278 g/mol. The van der Waals surface area contributed by atoms with E-state index in [-0.39, 0.29) is 5.56 Å². The highest BCUT2D eigenvalue weighted by atomic mass is 32.2. The highest BCUT2D eigenvalue weighted by molar-refractivity contribution is 7.98. The van der Waals surface area contributed by atoms with Gasteiger partial charge in [-0.3, -0.25) is 14.0 Å². The van der Waals surface area contributed by atoms with Crippen LogP contribution < -0.4 is 11.3 Å². The molecule has 0 bridgehead atoms. The molecule has 2 N–H and O–H groups in total. The quantitative estimate of drug-likeness (QED) is 0.804. The van der Waals surface area contributed by atoms with Crippen LogP contribution in [0, 0.1) is 0 Å². The summed E-state index contributed by atoms with van der Waals surface area (Å²) in [6.45, 7) is 0. The lowest BCUT2D eigenvalue weighted by Crippen LogP contribution is -2.33. The van der Waals surface area contributed by atoms with E-state index >= 15 is 0 Å². The van der Waals surface area contributed by atoms with Crippen LogP contribution in [0.4, 0.5) is 0 Å². The smallest absolute Gasteiger partial charge is 0.323 e. The van der Waals surface area contributed by atoms with E-state index in [1.165, 1.54) is 29.3 Å². The van der Waals surface area contributed by atoms with Crippen LogP contribution in [-0.2, 0) is 15.3 Å². The summed E-state index contributed by atoms with van der Waals surface area (Å²) in [7, 11) is 1.30. The molecule has 0 aliphatic rings. The van der Waals surface area contributed by atoms with Crippen molar-refractivity contribution in [3.05, 3.63) is 46.5 Å². The van der Waals surface area contributed by atoms with Crippen molar-refractivity contribution in [2.75, 3.05) is 12.9 Å². The normalized spacial score (nSPS) is 12.3. The maximum absolute atomic E-state index is 11.9. The summed E-state index contributed by atoms with van der Waals surface area (Å²) in [4.78, 5) is 27.4. The van der Waals surface area contributed by atoms with E-state index in [2.05, 4.69) is 9.72 Å². The largest absolute Gasteiger partial charge is 0.468 e. The predicted molar refractivity (Wildman–Crippen MR) is 77.6 cm³/mol. The number of hydrogen-bond acceptors (Lipinski definition) is 6. The summed E-state index contributed by atoms with van der Waals surface area (Å²) in [5, 5.41) is 0. The third-order valence-corrected chi connectivity index (χ3v) is 3.77. The molecule has 2 aromatic rings. The zero-order valence-electron chi connectivity index (χ0n) is 11.0. The summed E-state index contributed by atoms with van der Waals surface area (Å²) in [6.07, 6.45) is 1.68. The molecule has 2 rings (SSSR count). The first-order valence-corrected chi connectivity index (χ1v) is 7.16. The number of carbonyl (C=O) groups is 1. The first kappa shape index (κ1) is 14.5. The van der Waals surface area contributed by atoms with Crippen LogP contribution in [-0.4, -0.2) is 34.3 Å². The second kappa shape index (κ2) is 6.53. The Kier molecular flexibility index (Phi) is 4.75. The van der Waals surface area contributed by atoms with E-state index in [9.17, 15) is 9.59 Å². The van der Waals surface area contributed by atoms with E-state index < -0.39 is 12.0 Å². The SMILES string of the molecule is COC(=O)C(N)CSCc1cc(=O)n2ccccc2n1. The number of rotatable bonds is 5. The van der Waals surface area contributed by atoms with Crippen molar-refractivity contribution in [3.63, 3.8) is 0 Å². The molecule has 2 heterocycles. The molecule has 20 heavy (non-hydrogen) atoms. The zero-order chi connectivity index (χ0) is 14.5. The number of fused-ring (bicyclic) bond motifs is 1. The third kappa shape index (κ3) is 3.37. The Morgan fingerprint density at radius 2 is 2.35 bits per heavy atom. The number of aromatic nitrogens is 2. The Morgan fingerprint density at radius 1 is 1.55 bits per heavy atom. The standard InChI is InChI=1S/C13H15N3O3S/c1-19-13(18)10(14)8-20-7-9-6-12(17)16-5-3-2-4-11(16)15-9/h2-6,10H,7-8,14H2,1H3. The number of esters is 1.